The standard InChI is InChI=1S/C6H3BrClFO3S/c7-6-4(9)1-3(10)2-5(6)13(8,11)12/h1-2,10H. The van der Waals surface area contributed by atoms with Crippen molar-refractivity contribution in [1.82, 2.24) is 0 Å². The molecule has 3 nitrogen and oxygen atoms in total. The molecule has 1 aromatic rings. The molecule has 72 valence electrons. The lowest BCUT2D eigenvalue weighted by atomic mass is 10.3. The molecule has 0 spiro atoms. The molecule has 1 N–H and O–H groups in total. The Bertz CT molecular complexity index is 445. The summed E-state index contributed by atoms with van der Waals surface area (Å²) < 4.78 is 34.2. The lowest BCUT2D eigenvalue weighted by molar-refractivity contribution is 0.465. The number of hydrogen-bond donors (Lipinski definition) is 1. The second kappa shape index (κ2) is 3.43. The molecular weight excluding hydrogens is 286 g/mol. The summed E-state index contributed by atoms with van der Waals surface area (Å²) in [6.45, 7) is 0. The maximum absolute atomic E-state index is 12.8. The van der Waals surface area contributed by atoms with Crippen molar-refractivity contribution >= 4 is 35.7 Å². The van der Waals surface area contributed by atoms with E-state index >= 15 is 0 Å². The van der Waals surface area contributed by atoms with Crippen LogP contribution >= 0.6 is 26.6 Å². The van der Waals surface area contributed by atoms with Crippen molar-refractivity contribution < 1.29 is 17.9 Å². The Hall–Kier alpha value is -0.330. The smallest absolute Gasteiger partial charge is 0.262 e. The molecule has 0 heterocycles. The van der Waals surface area contributed by atoms with Gasteiger partial charge in [-0.2, -0.15) is 0 Å². The van der Waals surface area contributed by atoms with Crippen molar-refractivity contribution in [2.24, 2.45) is 0 Å². The van der Waals surface area contributed by atoms with Crippen molar-refractivity contribution in [3.8, 4) is 5.75 Å². The van der Waals surface area contributed by atoms with E-state index in [4.69, 9.17) is 15.8 Å². The third-order valence-corrected chi connectivity index (χ3v) is 3.66. The maximum atomic E-state index is 12.8. The van der Waals surface area contributed by atoms with Gasteiger partial charge in [0.2, 0.25) is 0 Å². The van der Waals surface area contributed by atoms with Crippen LogP contribution in [0.5, 0.6) is 5.75 Å². The zero-order valence-corrected chi connectivity index (χ0v) is 9.12. The molecule has 0 atom stereocenters. The van der Waals surface area contributed by atoms with Crippen molar-refractivity contribution in [2.75, 3.05) is 0 Å². The van der Waals surface area contributed by atoms with Gasteiger partial charge in [0.25, 0.3) is 9.05 Å². The van der Waals surface area contributed by atoms with Crippen LogP contribution in [0.15, 0.2) is 21.5 Å². The summed E-state index contributed by atoms with van der Waals surface area (Å²) in [5.41, 5.74) is 0. The Labute approximate surface area is 86.7 Å². The summed E-state index contributed by atoms with van der Waals surface area (Å²) in [6.07, 6.45) is 0. The maximum Gasteiger partial charge on any atom is 0.262 e. The van der Waals surface area contributed by atoms with Crippen LogP contribution in [0.3, 0.4) is 0 Å². The average molecular weight is 290 g/mol. The second-order valence-electron chi connectivity index (χ2n) is 2.18. The number of phenolic OH excluding ortho intramolecular Hbond substituents is 1. The molecule has 0 radical (unpaired) electrons. The van der Waals surface area contributed by atoms with Gasteiger partial charge in [0.05, 0.1) is 4.47 Å². The van der Waals surface area contributed by atoms with E-state index in [9.17, 15) is 12.8 Å². The van der Waals surface area contributed by atoms with Crippen LogP contribution in [0.1, 0.15) is 0 Å². The van der Waals surface area contributed by atoms with Gasteiger partial charge < -0.3 is 5.11 Å². The van der Waals surface area contributed by atoms with E-state index in [-0.39, 0.29) is 4.47 Å². The fourth-order valence-corrected chi connectivity index (χ4v) is 2.81. The van der Waals surface area contributed by atoms with Crippen molar-refractivity contribution in [3.63, 3.8) is 0 Å². The number of hydrogen-bond acceptors (Lipinski definition) is 3. The SMILES string of the molecule is O=S(=O)(Cl)c1cc(O)cc(F)c1Br. The molecule has 0 saturated carbocycles. The molecule has 0 fully saturated rings. The molecule has 0 unspecified atom stereocenters. The van der Waals surface area contributed by atoms with E-state index < -0.39 is 25.5 Å². The van der Waals surface area contributed by atoms with Crippen LogP contribution in [-0.2, 0) is 9.05 Å². The number of halogens is 3. The molecule has 13 heavy (non-hydrogen) atoms. The monoisotopic (exact) mass is 288 g/mol. The summed E-state index contributed by atoms with van der Waals surface area (Å²) in [5, 5.41) is 8.90. The molecule has 0 aliphatic carbocycles. The van der Waals surface area contributed by atoms with Gasteiger partial charge in [-0.25, -0.2) is 12.8 Å². The predicted octanol–water partition coefficient (Wildman–Crippen LogP) is 2.22. The molecule has 0 saturated heterocycles. The van der Waals surface area contributed by atoms with E-state index in [1.165, 1.54) is 0 Å². The molecule has 0 aromatic heterocycles. The third-order valence-electron chi connectivity index (χ3n) is 1.24. The van der Waals surface area contributed by atoms with Gasteiger partial charge in [0.15, 0.2) is 0 Å². The van der Waals surface area contributed by atoms with E-state index in [1.807, 2.05) is 0 Å². The lowest BCUT2D eigenvalue weighted by Crippen LogP contribution is -1.94. The van der Waals surface area contributed by atoms with Gasteiger partial charge >= 0.3 is 0 Å². The Balaban J connectivity index is 3.56. The Morgan fingerprint density at radius 3 is 2.46 bits per heavy atom. The minimum atomic E-state index is -4.05. The van der Waals surface area contributed by atoms with Gasteiger partial charge in [-0.05, 0) is 15.9 Å². The van der Waals surface area contributed by atoms with Crippen LogP contribution < -0.4 is 0 Å². The van der Waals surface area contributed by atoms with Crippen LogP contribution in [0, 0.1) is 5.82 Å². The van der Waals surface area contributed by atoms with Gasteiger partial charge in [-0.15, -0.1) is 0 Å². The van der Waals surface area contributed by atoms with Crippen molar-refractivity contribution in [2.45, 2.75) is 4.90 Å². The molecule has 0 amide bonds. The predicted molar refractivity (Wildman–Crippen MR) is 48.8 cm³/mol. The fraction of sp³-hybridized carbons (Fsp3) is 0. The Morgan fingerprint density at radius 1 is 1.46 bits per heavy atom. The van der Waals surface area contributed by atoms with Crippen LogP contribution in [-0.4, -0.2) is 13.5 Å². The quantitative estimate of drug-likeness (QED) is 0.807. The summed E-state index contributed by atoms with van der Waals surface area (Å²) in [5.74, 6) is -1.39. The fourth-order valence-electron chi connectivity index (χ4n) is 0.728. The topological polar surface area (TPSA) is 54.4 Å². The normalized spacial score (nSPS) is 11.6. The first kappa shape index (κ1) is 10.7. The van der Waals surface area contributed by atoms with Crippen molar-refractivity contribution in [1.29, 1.82) is 0 Å². The number of rotatable bonds is 1. The first-order valence-corrected chi connectivity index (χ1v) is 6.05. The number of phenols is 1. The van der Waals surface area contributed by atoms with E-state index in [2.05, 4.69) is 15.9 Å². The second-order valence-corrected chi connectivity index (χ2v) is 5.50. The largest absolute Gasteiger partial charge is 0.508 e. The zero-order valence-electron chi connectivity index (χ0n) is 5.96. The Morgan fingerprint density at radius 2 is 2.00 bits per heavy atom. The van der Waals surface area contributed by atoms with Crippen molar-refractivity contribution in [3.05, 3.63) is 22.4 Å². The molecule has 0 aliphatic heterocycles. The number of aromatic hydroxyl groups is 1. The molecule has 1 aromatic carbocycles. The highest BCUT2D eigenvalue weighted by Crippen LogP contribution is 2.31. The summed E-state index contributed by atoms with van der Waals surface area (Å²) in [4.78, 5) is -0.494. The summed E-state index contributed by atoms with van der Waals surface area (Å²) >= 11 is 2.70. The van der Waals surface area contributed by atoms with Crippen LogP contribution in [0.25, 0.3) is 0 Å². The van der Waals surface area contributed by atoms with Gasteiger partial charge in [-0.3, -0.25) is 0 Å². The zero-order chi connectivity index (χ0) is 10.2. The summed E-state index contributed by atoms with van der Waals surface area (Å²) in [6, 6.07) is 1.63. The van der Waals surface area contributed by atoms with Gasteiger partial charge in [0, 0.05) is 22.8 Å². The summed E-state index contributed by atoms with van der Waals surface area (Å²) in [7, 11) is 0.919. The highest BCUT2D eigenvalue weighted by atomic mass is 79.9. The van der Waals surface area contributed by atoms with Gasteiger partial charge in [0.1, 0.15) is 16.5 Å². The van der Waals surface area contributed by atoms with E-state index in [0.29, 0.717) is 0 Å². The molecular formula is C6H3BrClFO3S. The first-order valence-electron chi connectivity index (χ1n) is 2.95. The molecule has 0 bridgehead atoms. The van der Waals surface area contributed by atoms with Gasteiger partial charge in [-0.1, -0.05) is 0 Å². The number of benzene rings is 1. The van der Waals surface area contributed by atoms with E-state index in [1.54, 1.807) is 0 Å². The average Bonchev–Trinajstić information content (AvgIpc) is 1.94. The minimum Gasteiger partial charge on any atom is -0.508 e. The molecule has 0 aliphatic rings. The van der Waals surface area contributed by atoms with Crippen LogP contribution in [0.4, 0.5) is 4.39 Å². The third kappa shape index (κ3) is 2.32. The Kier molecular flexibility index (Phi) is 2.84. The van der Waals surface area contributed by atoms with E-state index in [0.717, 1.165) is 12.1 Å². The lowest BCUT2D eigenvalue weighted by Gasteiger charge is -2.01. The minimum absolute atomic E-state index is 0.291. The molecule has 1 rings (SSSR count). The van der Waals surface area contributed by atoms with Crippen LogP contribution in [0.2, 0.25) is 0 Å². The highest BCUT2D eigenvalue weighted by Gasteiger charge is 2.18. The highest BCUT2D eigenvalue weighted by molar-refractivity contribution is 9.10. The first-order chi connectivity index (χ1) is 5.82. The molecule has 7 heteroatoms.